The molecule has 0 aliphatic heterocycles. The summed E-state index contributed by atoms with van der Waals surface area (Å²) >= 11 is 2.98. The molecule has 0 aromatic carbocycles. The zero-order chi connectivity index (χ0) is 17.1. The Morgan fingerprint density at radius 1 is 1.33 bits per heavy atom. The highest BCUT2D eigenvalue weighted by Crippen LogP contribution is 2.23. The number of Topliss-reactive ketones (excluding diaryl/α,β-unsaturated/α-hetero) is 1. The van der Waals surface area contributed by atoms with Gasteiger partial charge in [-0.05, 0) is 51.1 Å². The van der Waals surface area contributed by atoms with E-state index in [4.69, 9.17) is 4.42 Å². The van der Waals surface area contributed by atoms with Crippen molar-refractivity contribution in [2.45, 2.75) is 25.9 Å². The molecule has 0 saturated carbocycles. The molecule has 0 radical (unpaired) electrons. The van der Waals surface area contributed by atoms with Crippen molar-refractivity contribution in [2.75, 3.05) is 5.75 Å². The third-order valence-electron chi connectivity index (χ3n) is 3.32. The number of nitrogens with zero attached hydrogens (tertiary/aromatic N) is 2. The fraction of sp³-hybridized carbons (Fsp3) is 0.235. The van der Waals surface area contributed by atoms with Crippen LogP contribution >= 0.6 is 23.1 Å². The van der Waals surface area contributed by atoms with Gasteiger partial charge in [-0.3, -0.25) is 9.89 Å². The lowest BCUT2D eigenvalue weighted by molar-refractivity contribution is 0.102. The number of thioether (sulfide) groups is 1. The lowest BCUT2D eigenvalue weighted by Crippen LogP contribution is -2.02. The average molecular weight is 359 g/mol. The maximum absolute atomic E-state index is 12.3. The van der Waals surface area contributed by atoms with Gasteiger partial charge in [-0.1, -0.05) is 11.8 Å². The summed E-state index contributed by atoms with van der Waals surface area (Å²) in [6.45, 7) is 5.88. The van der Waals surface area contributed by atoms with Gasteiger partial charge in [0.1, 0.15) is 17.3 Å². The molecule has 3 aromatic heterocycles. The van der Waals surface area contributed by atoms with E-state index in [1.165, 1.54) is 11.8 Å². The van der Waals surface area contributed by atoms with Crippen molar-refractivity contribution >= 4 is 41.0 Å². The maximum atomic E-state index is 12.3. The molecule has 0 saturated heterocycles. The van der Waals surface area contributed by atoms with Gasteiger partial charge < -0.3 is 4.42 Å². The van der Waals surface area contributed by atoms with Gasteiger partial charge in [-0.25, -0.2) is 4.98 Å². The number of rotatable bonds is 6. The van der Waals surface area contributed by atoms with Crippen LogP contribution in [0.25, 0.3) is 12.2 Å². The molecule has 0 atom stereocenters. The third-order valence-corrected chi connectivity index (χ3v) is 5.14. The smallest absolute Gasteiger partial charge is 0.209 e. The fourth-order valence-corrected chi connectivity index (χ4v) is 3.85. The molecule has 5 nitrogen and oxygen atoms in total. The van der Waals surface area contributed by atoms with E-state index in [-0.39, 0.29) is 5.78 Å². The Morgan fingerprint density at radius 2 is 2.17 bits per heavy atom. The van der Waals surface area contributed by atoms with Crippen LogP contribution in [0.3, 0.4) is 0 Å². The summed E-state index contributed by atoms with van der Waals surface area (Å²) in [6, 6.07) is 5.74. The number of thiophene rings is 1. The van der Waals surface area contributed by atoms with Gasteiger partial charge in [0.05, 0.1) is 5.75 Å². The molecule has 0 bridgehead atoms. The number of ketones is 1. The summed E-state index contributed by atoms with van der Waals surface area (Å²) < 4.78 is 5.46. The van der Waals surface area contributed by atoms with Crippen LogP contribution in [0.1, 0.15) is 37.5 Å². The first-order valence-electron chi connectivity index (χ1n) is 7.41. The van der Waals surface area contributed by atoms with Crippen LogP contribution in [0.5, 0.6) is 0 Å². The molecular weight excluding hydrogens is 342 g/mol. The molecule has 0 fully saturated rings. The van der Waals surface area contributed by atoms with E-state index in [2.05, 4.69) is 15.2 Å². The molecule has 3 rings (SSSR count). The van der Waals surface area contributed by atoms with Crippen LogP contribution in [0.4, 0.5) is 0 Å². The summed E-state index contributed by atoms with van der Waals surface area (Å²) in [5.41, 5.74) is 0.800. The van der Waals surface area contributed by atoms with Crippen LogP contribution < -0.4 is 0 Å². The van der Waals surface area contributed by atoms with Gasteiger partial charge >= 0.3 is 0 Å². The molecule has 3 heterocycles. The molecule has 24 heavy (non-hydrogen) atoms. The van der Waals surface area contributed by atoms with E-state index in [0.717, 1.165) is 26.8 Å². The van der Waals surface area contributed by atoms with Crippen molar-refractivity contribution in [3.63, 3.8) is 0 Å². The number of carbonyl (C=O) groups excluding carboxylic acids is 1. The molecule has 124 valence electrons. The summed E-state index contributed by atoms with van der Waals surface area (Å²) in [5.74, 6) is 2.68. The van der Waals surface area contributed by atoms with Crippen LogP contribution in [-0.2, 0) is 0 Å². The average Bonchev–Trinajstić information content (AvgIpc) is 3.23. The Hall–Kier alpha value is -2.12. The number of carbonyl (C=O) groups is 1. The van der Waals surface area contributed by atoms with Crippen molar-refractivity contribution in [1.82, 2.24) is 15.2 Å². The summed E-state index contributed by atoms with van der Waals surface area (Å²) in [6.07, 6.45) is 3.62. The van der Waals surface area contributed by atoms with E-state index >= 15 is 0 Å². The number of hydrogen-bond acceptors (Lipinski definition) is 6. The summed E-state index contributed by atoms with van der Waals surface area (Å²) in [5, 5.41) is 7.52. The molecule has 3 aromatic rings. The Morgan fingerprint density at radius 3 is 2.83 bits per heavy atom. The summed E-state index contributed by atoms with van der Waals surface area (Å²) in [4.78, 5) is 18.8. The van der Waals surface area contributed by atoms with Crippen LogP contribution in [0.15, 0.2) is 27.8 Å². The second kappa shape index (κ2) is 7.19. The largest absolute Gasteiger partial charge is 0.462 e. The number of aromatic nitrogens is 3. The predicted molar refractivity (Wildman–Crippen MR) is 97.6 cm³/mol. The van der Waals surface area contributed by atoms with Gasteiger partial charge in [-0.15, -0.1) is 16.4 Å². The van der Waals surface area contributed by atoms with E-state index in [9.17, 15) is 4.79 Å². The number of aryl methyl sites for hydroxylation is 3. The van der Waals surface area contributed by atoms with Gasteiger partial charge in [-0.2, -0.15) is 0 Å². The number of nitrogens with one attached hydrogen (secondary N) is 1. The second-order valence-corrected chi connectivity index (χ2v) is 7.73. The third kappa shape index (κ3) is 4.04. The number of H-pyrrole nitrogens is 1. The molecule has 0 aliphatic carbocycles. The zero-order valence-corrected chi connectivity index (χ0v) is 15.3. The van der Waals surface area contributed by atoms with Crippen molar-refractivity contribution < 1.29 is 9.21 Å². The first kappa shape index (κ1) is 16.7. The monoisotopic (exact) mass is 359 g/mol. The van der Waals surface area contributed by atoms with Crippen LogP contribution in [0.2, 0.25) is 0 Å². The first-order chi connectivity index (χ1) is 11.5. The van der Waals surface area contributed by atoms with Crippen molar-refractivity contribution in [3.8, 4) is 0 Å². The Labute approximate surface area is 148 Å². The van der Waals surface area contributed by atoms with E-state index < -0.39 is 0 Å². The number of hydrogen-bond donors (Lipinski definition) is 1. The molecular formula is C17H17N3O2S2. The standard InChI is InChI=1S/C17H17N3O2S2/c1-10-4-5-13(22-10)6-7-16-18-17(20-19-16)23-9-15(21)14-8-11(2)24-12(14)3/h4-8H,9H2,1-3H3,(H,18,19,20). The van der Waals surface area contributed by atoms with Crippen molar-refractivity contribution in [2.24, 2.45) is 0 Å². The molecule has 0 spiro atoms. The number of furan rings is 1. The van der Waals surface area contributed by atoms with Gasteiger partial charge in [0.2, 0.25) is 5.16 Å². The molecule has 0 unspecified atom stereocenters. The van der Waals surface area contributed by atoms with Crippen LogP contribution in [0, 0.1) is 20.8 Å². The highest BCUT2D eigenvalue weighted by atomic mass is 32.2. The Bertz CT molecular complexity index is 889. The van der Waals surface area contributed by atoms with Crippen molar-refractivity contribution in [3.05, 3.63) is 50.9 Å². The minimum Gasteiger partial charge on any atom is -0.462 e. The minimum atomic E-state index is 0.106. The Balaban J connectivity index is 1.59. The predicted octanol–water partition coefficient (Wildman–Crippen LogP) is 4.53. The first-order valence-corrected chi connectivity index (χ1v) is 9.21. The van der Waals surface area contributed by atoms with Gasteiger partial charge in [0, 0.05) is 15.3 Å². The Kier molecular flexibility index (Phi) is 5.01. The highest BCUT2D eigenvalue weighted by Gasteiger charge is 2.13. The van der Waals surface area contributed by atoms with Crippen LogP contribution in [-0.4, -0.2) is 26.7 Å². The van der Waals surface area contributed by atoms with Crippen molar-refractivity contribution in [1.29, 1.82) is 0 Å². The number of aromatic amines is 1. The normalized spacial score (nSPS) is 11.5. The second-order valence-electron chi connectivity index (χ2n) is 5.32. The highest BCUT2D eigenvalue weighted by molar-refractivity contribution is 7.99. The molecule has 0 aliphatic rings. The topological polar surface area (TPSA) is 71.8 Å². The SMILES string of the molecule is Cc1ccc(C=Cc2nc(SCC(=O)c3cc(C)sc3C)n[nH]2)o1. The maximum Gasteiger partial charge on any atom is 0.209 e. The minimum absolute atomic E-state index is 0.106. The van der Waals surface area contributed by atoms with E-state index in [0.29, 0.717) is 16.7 Å². The quantitative estimate of drug-likeness (QED) is 0.517. The zero-order valence-electron chi connectivity index (χ0n) is 13.6. The van der Waals surface area contributed by atoms with Gasteiger partial charge in [0.25, 0.3) is 0 Å². The van der Waals surface area contributed by atoms with E-state index in [1.54, 1.807) is 17.4 Å². The summed E-state index contributed by atoms with van der Waals surface area (Å²) in [7, 11) is 0. The van der Waals surface area contributed by atoms with Gasteiger partial charge in [0.15, 0.2) is 5.78 Å². The lowest BCUT2D eigenvalue weighted by atomic mass is 10.2. The lowest BCUT2D eigenvalue weighted by Gasteiger charge is -1.97. The molecule has 1 N–H and O–H groups in total. The van der Waals surface area contributed by atoms with E-state index in [1.807, 2.05) is 45.0 Å². The fourth-order valence-electron chi connectivity index (χ4n) is 2.22. The molecule has 7 heteroatoms. The molecule has 0 amide bonds.